The summed E-state index contributed by atoms with van der Waals surface area (Å²) >= 11 is 0. The van der Waals surface area contributed by atoms with Crippen molar-refractivity contribution in [3.05, 3.63) is 54.1 Å². The topological polar surface area (TPSA) is 75.4 Å². The number of aromatic nitrogens is 2. The summed E-state index contributed by atoms with van der Waals surface area (Å²) in [5.74, 6) is -0.907. The molecule has 1 aromatic carbocycles. The van der Waals surface area contributed by atoms with Gasteiger partial charge in [0.1, 0.15) is 5.69 Å². The van der Waals surface area contributed by atoms with Gasteiger partial charge < -0.3 is 14.6 Å². The molecule has 1 amide bonds. The Hall–Kier alpha value is -2.63. The van der Waals surface area contributed by atoms with Crippen molar-refractivity contribution < 1.29 is 14.7 Å². The van der Waals surface area contributed by atoms with Gasteiger partial charge in [-0.15, -0.1) is 0 Å². The highest BCUT2D eigenvalue weighted by molar-refractivity contribution is 5.94. The van der Waals surface area contributed by atoms with Crippen molar-refractivity contribution in [2.75, 3.05) is 0 Å². The molecule has 6 nitrogen and oxygen atoms in total. The number of hydrogen-bond acceptors (Lipinski definition) is 3. The molecule has 3 heterocycles. The third-order valence-electron chi connectivity index (χ3n) is 5.80. The summed E-state index contributed by atoms with van der Waals surface area (Å²) in [7, 11) is 1.78. The van der Waals surface area contributed by atoms with Crippen molar-refractivity contribution in [3.63, 3.8) is 0 Å². The minimum atomic E-state index is -0.904. The molecule has 0 aliphatic carbocycles. The van der Waals surface area contributed by atoms with Crippen molar-refractivity contribution in [2.24, 2.45) is 12.5 Å². The minimum Gasteiger partial charge on any atom is -0.481 e. The lowest BCUT2D eigenvalue weighted by atomic mass is 9.70. The Kier molecular flexibility index (Phi) is 3.63. The Morgan fingerprint density at radius 1 is 1.28 bits per heavy atom. The number of amides is 1. The number of aryl methyl sites for hydroxylation is 1. The Labute approximate surface area is 146 Å². The SMILES string of the molecule is Cn1cncc1C(=O)N1[C@H]2CC[C@@H]1[C@](Cc1ccccc1)(C(=O)O)C2. The Bertz CT molecular complexity index is 816. The van der Waals surface area contributed by atoms with E-state index >= 15 is 0 Å². The van der Waals surface area contributed by atoms with Crippen LogP contribution in [-0.4, -0.2) is 43.5 Å². The van der Waals surface area contributed by atoms with Crippen LogP contribution in [0.4, 0.5) is 0 Å². The van der Waals surface area contributed by atoms with E-state index in [0.717, 1.165) is 18.4 Å². The first-order valence-corrected chi connectivity index (χ1v) is 8.59. The van der Waals surface area contributed by atoms with Crippen LogP contribution in [0.5, 0.6) is 0 Å². The fourth-order valence-electron chi connectivity index (χ4n) is 4.64. The predicted molar refractivity (Wildman–Crippen MR) is 91.0 cm³/mol. The molecule has 0 radical (unpaired) electrons. The van der Waals surface area contributed by atoms with E-state index in [0.29, 0.717) is 18.5 Å². The molecule has 2 fully saturated rings. The zero-order chi connectivity index (χ0) is 17.6. The molecule has 2 aliphatic rings. The molecule has 0 saturated carbocycles. The van der Waals surface area contributed by atoms with Gasteiger partial charge >= 0.3 is 5.97 Å². The number of carbonyl (C=O) groups excluding carboxylic acids is 1. The van der Waals surface area contributed by atoms with Gasteiger partial charge in [0.15, 0.2) is 0 Å². The average molecular weight is 339 g/mol. The molecule has 6 heteroatoms. The second-order valence-corrected chi connectivity index (χ2v) is 7.18. The third kappa shape index (κ3) is 2.35. The first-order valence-electron chi connectivity index (χ1n) is 8.59. The van der Waals surface area contributed by atoms with Gasteiger partial charge in [-0.05, 0) is 31.2 Å². The second kappa shape index (κ2) is 5.72. The molecule has 1 N–H and O–H groups in total. The van der Waals surface area contributed by atoms with Crippen LogP contribution < -0.4 is 0 Å². The monoisotopic (exact) mass is 339 g/mol. The van der Waals surface area contributed by atoms with E-state index in [4.69, 9.17) is 0 Å². The van der Waals surface area contributed by atoms with Gasteiger partial charge in [-0.2, -0.15) is 0 Å². The number of imidazole rings is 1. The van der Waals surface area contributed by atoms with Crippen LogP contribution in [0.15, 0.2) is 42.9 Å². The van der Waals surface area contributed by atoms with Crippen LogP contribution in [0.2, 0.25) is 0 Å². The van der Waals surface area contributed by atoms with Gasteiger partial charge in [0, 0.05) is 19.1 Å². The maximum Gasteiger partial charge on any atom is 0.312 e. The Morgan fingerprint density at radius 2 is 2.04 bits per heavy atom. The first-order chi connectivity index (χ1) is 12.0. The summed E-state index contributed by atoms with van der Waals surface area (Å²) in [5, 5.41) is 10.1. The normalized spacial score (nSPS) is 27.6. The second-order valence-electron chi connectivity index (χ2n) is 7.18. The largest absolute Gasteiger partial charge is 0.481 e. The number of hydrogen-bond donors (Lipinski definition) is 1. The molecule has 1 aromatic heterocycles. The zero-order valence-electron chi connectivity index (χ0n) is 14.1. The van der Waals surface area contributed by atoms with Gasteiger partial charge in [-0.3, -0.25) is 9.59 Å². The van der Waals surface area contributed by atoms with Crippen molar-refractivity contribution in [2.45, 2.75) is 37.8 Å². The quantitative estimate of drug-likeness (QED) is 0.926. The highest BCUT2D eigenvalue weighted by atomic mass is 16.4. The number of rotatable bonds is 4. The number of aliphatic carboxylic acids is 1. The minimum absolute atomic E-state index is 0.00721. The summed E-state index contributed by atoms with van der Waals surface area (Å²) in [6.07, 6.45) is 5.75. The first kappa shape index (κ1) is 15.9. The van der Waals surface area contributed by atoms with E-state index in [1.54, 1.807) is 24.1 Å². The summed E-state index contributed by atoms with van der Waals surface area (Å²) in [5.41, 5.74) is 0.613. The van der Waals surface area contributed by atoms with Crippen molar-refractivity contribution in [1.82, 2.24) is 14.5 Å². The van der Waals surface area contributed by atoms with Gasteiger partial charge in [-0.25, -0.2) is 4.98 Å². The molecule has 130 valence electrons. The van der Waals surface area contributed by atoms with Gasteiger partial charge in [-0.1, -0.05) is 30.3 Å². The number of fused-ring (bicyclic) bond motifs is 2. The molecule has 4 rings (SSSR count). The molecule has 0 unspecified atom stereocenters. The molecular formula is C19H21N3O3. The summed E-state index contributed by atoms with van der Waals surface area (Å²) in [4.78, 5) is 31.1. The smallest absolute Gasteiger partial charge is 0.312 e. The number of benzene rings is 1. The molecule has 2 aliphatic heterocycles. The zero-order valence-corrected chi connectivity index (χ0v) is 14.1. The molecule has 2 aromatic rings. The van der Waals surface area contributed by atoms with Gasteiger partial charge in [0.05, 0.1) is 17.9 Å². The number of nitrogens with zero attached hydrogens (tertiary/aromatic N) is 3. The maximum absolute atomic E-state index is 13.0. The fourth-order valence-corrected chi connectivity index (χ4v) is 4.64. The third-order valence-corrected chi connectivity index (χ3v) is 5.80. The highest BCUT2D eigenvalue weighted by Gasteiger charge is 2.61. The summed E-state index contributed by atoms with van der Waals surface area (Å²) < 4.78 is 1.69. The molecule has 25 heavy (non-hydrogen) atoms. The molecule has 2 saturated heterocycles. The van der Waals surface area contributed by atoms with Crippen LogP contribution in [0.3, 0.4) is 0 Å². The standard InChI is InChI=1S/C19H21N3O3/c1-21-12-20-11-15(21)17(23)22-14-7-8-16(22)19(10-14,18(24)25)9-13-5-3-2-4-6-13/h2-6,11-12,14,16H,7-10H2,1H3,(H,24,25)/t14-,16+,19+/m0/s1. The van der Waals surface area contributed by atoms with Gasteiger partial charge in [0.2, 0.25) is 0 Å². The molecule has 2 bridgehead atoms. The van der Waals surface area contributed by atoms with E-state index < -0.39 is 11.4 Å². The lowest BCUT2D eigenvalue weighted by Crippen LogP contribution is -2.46. The Morgan fingerprint density at radius 3 is 2.68 bits per heavy atom. The van der Waals surface area contributed by atoms with Crippen LogP contribution in [-0.2, 0) is 18.3 Å². The van der Waals surface area contributed by atoms with E-state index in [1.807, 2.05) is 35.2 Å². The average Bonchev–Trinajstić information content (AvgIpc) is 3.28. The summed E-state index contributed by atoms with van der Waals surface area (Å²) in [6, 6.07) is 9.43. The van der Waals surface area contributed by atoms with Crippen molar-refractivity contribution in [3.8, 4) is 0 Å². The molecule has 3 atom stereocenters. The van der Waals surface area contributed by atoms with Crippen molar-refractivity contribution >= 4 is 11.9 Å². The van der Waals surface area contributed by atoms with Crippen molar-refractivity contribution in [1.29, 1.82) is 0 Å². The van der Waals surface area contributed by atoms with Crippen LogP contribution >= 0.6 is 0 Å². The van der Waals surface area contributed by atoms with Gasteiger partial charge in [0.25, 0.3) is 5.91 Å². The lowest BCUT2D eigenvalue weighted by Gasteiger charge is -2.33. The number of carboxylic acids is 1. The van der Waals surface area contributed by atoms with E-state index in [-0.39, 0.29) is 18.0 Å². The molecular weight excluding hydrogens is 318 g/mol. The summed E-state index contributed by atoms with van der Waals surface area (Å²) in [6.45, 7) is 0. The Balaban J connectivity index is 1.68. The van der Waals surface area contributed by atoms with Crippen LogP contribution in [0.25, 0.3) is 0 Å². The van der Waals surface area contributed by atoms with E-state index in [1.165, 1.54) is 0 Å². The van der Waals surface area contributed by atoms with E-state index in [9.17, 15) is 14.7 Å². The van der Waals surface area contributed by atoms with E-state index in [2.05, 4.69) is 4.98 Å². The highest BCUT2D eigenvalue weighted by Crippen LogP contribution is 2.52. The molecule has 0 spiro atoms. The van der Waals surface area contributed by atoms with Crippen LogP contribution in [0, 0.1) is 5.41 Å². The number of carboxylic acid groups (broad SMARTS) is 1. The lowest BCUT2D eigenvalue weighted by molar-refractivity contribution is -0.150. The van der Waals surface area contributed by atoms with Crippen LogP contribution in [0.1, 0.15) is 35.3 Å². The predicted octanol–water partition coefficient (Wildman–Crippen LogP) is 2.11. The fraction of sp³-hybridized carbons (Fsp3) is 0.421. The maximum atomic E-state index is 13.0. The number of carbonyl (C=O) groups is 2.